The highest BCUT2D eigenvalue weighted by atomic mass is 32.1. The molecule has 2 nitrogen and oxygen atoms in total. The topological polar surface area (TPSA) is 18.5 Å². The van der Waals surface area contributed by atoms with E-state index in [0.717, 1.165) is 0 Å². The highest BCUT2D eigenvalue weighted by molar-refractivity contribution is 7.08. The SMILES string of the molecule is FC(F)(F)C(F)(F)C(F)(F)C(F)(F)CCC1COc2cscc2OC1. The molecule has 2 heterocycles. The van der Waals surface area contributed by atoms with Crippen molar-refractivity contribution in [3.8, 4) is 11.5 Å². The van der Waals surface area contributed by atoms with Gasteiger partial charge in [0.2, 0.25) is 0 Å². The van der Waals surface area contributed by atoms with Crippen molar-refractivity contribution in [2.24, 2.45) is 5.92 Å². The molecule has 25 heavy (non-hydrogen) atoms. The van der Waals surface area contributed by atoms with E-state index in [1.807, 2.05) is 0 Å². The van der Waals surface area contributed by atoms with Crippen molar-refractivity contribution >= 4 is 11.3 Å². The van der Waals surface area contributed by atoms with Crippen LogP contribution in [0.1, 0.15) is 12.8 Å². The van der Waals surface area contributed by atoms with Crippen LogP contribution in [0, 0.1) is 5.92 Å². The van der Waals surface area contributed by atoms with Gasteiger partial charge in [0.1, 0.15) is 0 Å². The van der Waals surface area contributed by atoms with Crippen molar-refractivity contribution in [2.45, 2.75) is 36.8 Å². The van der Waals surface area contributed by atoms with E-state index >= 15 is 0 Å². The van der Waals surface area contributed by atoms with Gasteiger partial charge in [-0.1, -0.05) is 0 Å². The number of hydrogen-bond donors (Lipinski definition) is 0. The van der Waals surface area contributed by atoms with Crippen LogP contribution in [0.25, 0.3) is 0 Å². The van der Waals surface area contributed by atoms with Crippen LogP contribution >= 0.6 is 11.3 Å². The Labute approximate surface area is 139 Å². The van der Waals surface area contributed by atoms with Gasteiger partial charge < -0.3 is 9.47 Å². The number of thiophene rings is 1. The van der Waals surface area contributed by atoms with Gasteiger partial charge in [-0.05, 0) is 6.42 Å². The number of hydrogen-bond acceptors (Lipinski definition) is 3. The van der Waals surface area contributed by atoms with Crippen LogP contribution in [0.3, 0.4) is 0 Å². The van der Waals surface area contributed by atoms with Crippen molar-refractivity contribution < 1.29 is 49.0 Å². The zero-order valence-electron chi connectivity index (χ0n) is 12.2. The van der Waals surface area contributed by atoms with E-state index in [9.17, 15) is 39.5 Å². The summed E-state index contributed by atoms with van der Waals surface area (Å²) < 4.78 is 125. The summed E-state index contributed by atoms with van der Waals surface area (Å²) in [5, 5.41) is 3.09. The molecule has 0 aromatic carbocycles. The van der Waals surface area contributed by atoms with E-state index in [1.165, 1.54) is 11.3 Å². The second kappa shape index (κ2) is 6.44. The van der Waals surface area contributed by atoms with E-state index < -0.39 is 42.7 Å². The zero-order chi connectivity index (χ0) is 19.1. The summed E-state index contributed by atoms with van der Waals surface area (Å²) in [7, 11) is 0. The third kappa shape index (κ3) is 3.63. The summed E-state index contributed by atoms with van der Waals surface area (Å²) in [5.74, 6) is -19.3. The molecule has 0 atom stereocenters. The Bertz CT molecular complexity index is 574. The Morgan fingerprint density at radius 1 is 0.840 bits per heavy atom. The molecule has 12 heteroatoms. The fourth-order valence-corrected chi connectivity index (χ4v) is 2.75. The predicted molar refractivity (Wildman–Crippen MR) is 68.9 cm³/mol. The molecular formula is C13H11F9O2S. The largest absolute Gasteiger partial charge is 0.488 e. The molecule has 1 aromatic heterocycles. The summed E-state index contributed by atoms with van der Waals surface area (Å²) in [4.78, 5) is 0. The van der Waals surface area contributed by atoms with Gasteiger partial charge in [0, 0.05) is 23.1 Å². The van der Waals surface area contributed by atoms with E-state index in [1.54, 1.807) is 10.8 Å². The first-order chi connectivity index (χ1) is 11.3. The standard InChI is InChI=1S/C13H11F9O2S/c14-10(15,11(16,17)12(18,19)13(20,21)22)2-1-7-3-23-8-5-25-6-9(8)24-4-7/h5-7H,1-4H2. The van der Waals surface area contributed by atoms with Crippen molar-refractivity contribution in [3.63, 3.8) is 0 Å². The van der Waals surface area contributed by atoms with Gasteiger partial charge in [-0.15, -0.1) is 11.3 Å². The van der Waals surface area contributed by atoms with Crippen molar-refractivity contribution in [3.05, 3.63) is 10.8 Å². The lowest BCUT2D eigenvalue weighted by Crippen LogP contribution is -2.60. The first-order valence-corrected chi connectivity index (χ1v) is 7.76. The molecule has 0 saturated carbocycles. The monoisotopic (exact) mass is 402 g/mol. The van der Waals surface area contributed by atoms with Crippen molar-refractivity contribution in [1.82, 2.24) is 0 Å². The van der Waals surface area contributed by atoms with Crippen molar-refractivity contribution in [1.29, 1.82) is 0 Å². The maximum Gasteiger partial charge on any atom is 0.460 e. The minimum atomic E-state index is -6.86. The molecular weight excluding hydrogens is 391 g/mol. The number of rotatable bonds is 5. The average molecular weight is 402 g/mol. The van der Waals surface area contributed by atoms with Crippen molar-refractivity contribution in [2.75, 3.05) is 13.2 Å². The van der Waals surface area contributed by atoms with Gasteiger partial charge in [0.25, 0.3) is 0 Å². The quantitative estimate of drug-likeness (QED) is 0.616. The molecule has 0 amide bonds. The third-order valence-corrected chi connectivity index (χ3v) is 4.32. The van der Waals surface area contributed by atoms with Gasteiger partial charge in [-0.25, -0.2) is 0 Å². The molecule has 144 valence electrons. The lowest BCUT2D eigenvalue weighted by molar-refractivity contribution is -0.397. The van der Waals surface area contributed by atoms with E-state index in [2.05, 4.69) is 0 Å². The smallest absolute Gasteiger partial charge is 0.460 e. The van der Waals surface area contributed by atoms with Crippen LogP contribution in [0.4, 0.5) is 39.5 Å². The Hall–Kier alpha value is -1.33. The maximum absolute atomic E-state index is 13.5. The Kier molecular flexibility index (Phi) is 5.15. The van der Waals surface area contributed by atoms with Gasteiger partial charge >= 0.3 is 23.9 Å². The van der Waals surface area contributed by atoms with E-state index in [0.29, 0.717) is 11.5 Å². The molecule has 0 aliphatic carbocycles. The van der Waals surface area contributed by atoms with Crippen LogP contribution in [0.2, 0.25) is 0 Å². The highest BCUT2D eigenvalue weighted by Crippen LogP contribution is 2.54. The molecule has 1 aliphatic heterocycles. The minimum Gasteiger partial charge on any atom is -0.488 e. The molecule has 0 radical (unpaired) electrons. The van der Waals surface area contributed by atoms with Crippen LogP contribution in [0.5, 0.6) is 11.5 Å². The normalized spacial score (nSPS) is 17.5. The first-order valence-electron chi connectivity index (χ1n) is 6.81. The Morgan fingerprint density at radius 3 is 1.76 bits per heavy atom. The molecule has 0 spiro atoms. The number of halogens is 9. The molecule has 1 aliphatic rings. The Morgan fingerprint density at radius 2 is 1.32 bits per heavy atom. The number of alkyl halides is 9. The number of fused-ring (bicyclic) bond motifs is 1. The van der Waals surface area contributed by atoms with Crippen LogP contribution < -0.4 is 9.47 Å². The molecule has 0 fully saturated rings. The lowest BCUT2D eigenvalue weighted by Gasteiger charge is -2.34. The van der Waals surface area contributed by atoms with Crippen LogP contribution in [-0.2, 0) is 0 Å². The predicted octanol–water partition coefficient (Wildman–Crippen LogP) is 5.38. The van der Waals surface area contributed by atoms with Crippen LogP contribution in [-0.4, -0.2) is 37.2 Å². The first kappa shape index (κ1) is 20.0. The van der Waals surface area contributed by atoms with Gasteiger partial charge in [0.05, 0.1) is 13.2 Å². The van der Waals surface area contributed by atoms with Gasteiger partial charge in [-0.3, -0.25) is 0 Å². The van der Waals surface area contributed by atoms with Gasteiger partial charge in [0.15, 0.2) is 11.5 Å². The fourth-order valence-electron chi connectivity index (χ4n) is 2.06. The molecule has 0 bridgehead atoms. The molecule has 2 rings (SSSR count). The summed E-state index contributed by atoms with van der Waals surface area (Å²) >= 11 is 1.23. The maximum atomic E-state index is 13.5. The molecule has 1 aromatic rings. The second-order valence-electron chi connectivity index (χ2n) is 5.48. The third-order valence-electron chi connectivity index (χ3n) is 3.62. The molecule has 0 N–H and O–H groups in total. The second-order valence-corrected chi connectivity index (χ2v) is 6.22. The minimum absolute atomic E-state index is 0.221. The fraction of sp³-hybridized carbons (Fsp3) is 0.692. The molecule has 0 saturated heterocycles. The average Bonchev–Trinajstić information content (AvgIpc) is 2.84. The molecule has 0 unspecified atom stereocenters. The van der Waals surface area contributed by atoms with E-state index in [-0.39, 0.29) is 13.2 Å². The van der Waals surface area contributed by atoms with Crippen LogP contribution in [0.15, 0.2) is 10.8 Å². The highest BCUT2D eigenvalue weighted by Gasteiger charge is 2.81. The lowest BCUT2D eigenvalue weighted by atomic mass is 9.95. The summed E-state index contributed by atoms with van der Waals surface area (Å²) in [6, 6.07) is 0. The summed E-state index contributed by atoms with van der Waals surface area (Å²) in [6.07, 6.45) is -9.47. The summed E-state index contributed by atoms with van der Waals surface area (Å²) in [6.45, 7) is -0.442. The van der Waals surface area contributed by atoms with E-state index in [4.69, 9.17) is 9.47 Å². The summed E-state index contributed by atoms with van der Waals surface area (Å²) in [5.41, 5.74) is 0. The Balaban J connectivity index is 2.02. The van der Waals surface area contributed by atoms with Gasteiger partial charge in [-0.2, -0.15) is 39.5 Å². The zero-order valence-corrected chi connectivity index (χ0v) is 13.0. The number of ether oxygens (including phenoxy) is 2.